The fourth-order valence-corrected chi connectivity index (χ4v) is 9.22. The number of hydrogen-bond donors (Lipinski definition) is 2. The minimum Gasteiger partial charge on any atom is -0.393 e. The summed E-state index contributed by atoms with van der Waals surface area (Å²) in [4.78, 5) is 0. The third-order valence-electron chi connectivity index (χ3n) is 10.9. The Morgan fingerprint density at radius 2 is 1.87 bits per heavy atom. The van der Waals surface area contributed by atoms with Gasteiger partial charge < -0.3 is 9.84 Å². The summed E-state index contributed by atoms with van der Waals surface area (Å²) >= 11 is 0. The molecular formula is C25H42N4O2. The summed E-state index contributed by atoms with van der Waals surface area (Å²) in [5.41, 5.74) is 0.758. The van der Waals surface area contributed by atoms with E-state index in [2.05, 4.69) is 41.4 Å². The first-order valence-corrected chi connectivity index (χ1v) is 12.8. The molecule has 5 rings (SSSR count). The number of aromatic nitrogens is 4. The number of hydrogen-bond acceptors (Lipinski definition) is 5. The smallest absolute Gasteiger partial charge is 0.174 e. The summed E-state index contributed by atoms with van der Waals surface area (Å²) in [6.07, 6.45) is 12.1. The highest BCUT2D eigenvalue weighted by molar-refractivity contribution is 5.12. The molecule has 0 amide bonds. The van der Waals surface area contributed by atoms with Gasteiger partial charge in [0.15, 0.2) is 5.82 Å². The predicted octanol–water partition coefficient (Wildman–Crippen LogP) is 4.41. The molecule has 31 heavy (non-hydrogen) atoms. The van der Waals surface area contributed by atoms with Crippen LogP contribution in [-0.2, 0) is 11.2 Å². The van der Waals surface area contributed by atoms with Crippen molar-refractivity contribution in [2.24, 2.45) is 46.3 Å². The molecule has 6 heteroatoms. The normalized spacial score (nSPS) is 48.0. The Morgan fingerprint density at radius 3 is 2.61 bits per heavy atom. The van der Waals surface area contributed by atoms with Crippen molar-refractivity contribution in [3.05, 3.63) is 5.82 Å². The lowest BCUT2D eigenvalue weighted by Crippen LogP contribution is -2.58. The van der Waals surface area contributed by atoms with Crippen LogP contribution in [0.25, 0.3) is 0 Å². The van der Waals surface area contributed by atoms with Crippen LogP contribution in [0, 0.1) is 46.3 Å². The van der Waals surface area contributed by atoms with Crippen molar-refractivity contribution in [3.8, 4) is 0 Å². The molecule has 0 bridgehead atoms. The maximum atomic E-state index is 11.5. The van der Waals surface area contributed by atoms with Crippen molar-refractivity contribution < 1.29 is 9.84 Å². The van der Waals surface area contributed by atoms with Crippen LogP contribution >= 0.6 is 0 Å². The van der Waals surface area contributed by atoms with Crippen LogP contribution in [0.15, 0.2) is 0 Å². The van der Waals surface area contributed by atoms with E-state index in [0.717, 1.165) is 37.4 Å². The summed E-state index contributed by atoms with van der Waals surface area (Å²) in [6.45, 7) is 7.57. The maximum absolute atomic E-state index is 11.5. The Hall–Kier alpha value is -1.01. The van der Waals surface area contributed by atoms with Gasteiger partial charge in [0, 0.05) is 13.5 Å². The Kier molecular flexibility index (Phi) is 5.69. The van der Waals surface area contributed by atoms with E-state index < -0.39 is 0 Å². The van der Waals surface area contributed by atoms with Crippen LogP contribution in [-0.4, -0.2) is 45.0 Å². The third-order valence-corrected chi connectivity index (χ3v) is 10.9. The number of aliphatic hydroxyl groups is 1. The zero-order valence-electron chi connectivity index (χ0n) is 19.9. The quantitative estimate of drug-likeness (QED) is 0.723. The van der Waals surface area contributed by atoms with Crippen LogP contribution in [0.3, 0.4) is 0 Å². The van der Waals surface area contributed by atoms with E-state index in [1.54, 1.807) is 0 Å². The van der Waals surface area contributed by atoms with Gasteiger partial charge in [0.05, 0.1) is 12.2 Å². The Bertz CT molecular complexity index is 757. The lowest BCUT2D eigenvalue weighted by atomic mass is 9.43. The van der Waals surface area contributed by atoms with Crippen molar-refractivity contribution >= 4 is 0 Å². The standard InChI is InChI=1S/C25H42N4O2/c1-15(5-8-22-26-28-29-27-22)18-6-7-19-23-20(10-12-25(18,19)3)24(2)11-9-17(31-4)13-16(24)14-21(23)30/h15-21,23,30H,5-14H2,1-4H3,(H,26,27,28,29)/t15-,16+,17-,18-,19+,20+,21-,23+,24+,25-/m1/s1. The molecular weight excluding hydrogens is 388 g/mol. The highest BCUT2D eigenvalue weighted by atomic mass is 16.5. The number of rotatable bonds is 5. The van der Waals surface area contributed by atoms with Gasteiger partial charge in [0.1, 0.15) is 0 Å². The van der Waals surface area contributed by atoms with Gasteiger partial charge in [0.2, 0.25) is 0 Å². The van der Waals surface area contributed by atoms with Crippen molar-refractivity contribution in [3.63, 3.8) is 0 Å². The van der Waals surface area contributed by atoms with Gasteiger partial charge in [-0.15, -0.1) is 10.2 Å². The lowest BCUT2D eigenvalue weighted by molar-refractivity contribution is -0.176. The Morgan fingerprint density at radius 1 is 1.10 bits per heavy atom. The van der Waals surface area contributed by atoms with Gasteiger partial charge in [-0.05, 0) is 104 Å². The molecule has 0 aromatic carbocycles. The molecule has 0 unspecified atom stereocenters. The number of nitrogens with zero attached hydrogens (tertiary/aromatic N) is 3. The SMILES string of the molecule is CO[C@@H]1CC[C@@]2(C)[C@@H](C1)C[C@@H](O)[C@@H]1[C@@H]2CC[C@]2(C)[C@@H]([C@H](C)CCc3nn[nH]n3)CC[C@@H]12. The Balaban J connectivity index is 1.33. The van der Waals surface area contributed by atoms with Crippen LogP contribution in [0.2, 0.25) is 0 Å². The van der Waals surface area contributed by atoms with Gasteiger partial charge in [-0.3, -0.25) is 0 Å². The lowest BCUT2D eigenvalue weighted by Gasteiger charge is -2.62. The first-order chi connectivity index (χ1) is 14.9. The van der Waals surface area contributed by atoms with Crippen molar-refractivity contribution in [2.45, 2.75) is 97.2 Å². The number of nitrogens with one attached hydrogen (secondary N) is 1. The summed E-state index contributed by atoms with van der Waals surface area (Å²) < 4.78 is 5.74. The van der Waals surface area contributed by atoms with Crippen molar-refractivity contribution in [1.29, 1.82) is 0 Å². The Labute approximate surface area is 187 Å². The van der Waals surface area contributed by atoms with E-state index in [-0.39, 0.29) is 6.10 Å². The molecule has 174 valence electrons. The van der Waals surface area contributed by atoms with E-state index >= 15 is 0 Å². The van der Waals surface area contributed by atoms with Crippen LogP contribution in [0.1, 0.15) is 84.4 Å². The van der Waals surface area contributed by atoms with Crippen LogP contribution in [0.4, 0.5) is 0 Å². The van der Waals surface area contributed by atoms with Gasteiger partial charge >= 0.3 is 0 Å². The number of fused-ring (bicyclic) bond motifs is 5. The molecule has 4 saturated carbocycles. The molecule has 10 atom stereocenters. The van der Waals surface area contributed by atoms with Crippen LogP contribution in [0.5, 0.6) is 0 Å². The van der Waals surface area contributed by atoms with Gasteiger partial charge in [-0.2, -0.15) is 5.21 Å². The molecule has 4 fully saturated rings. The first kappa shape index (κ1) is 21.8. The number of H-pyrrole nitrogens is 1. The molecule has 6 nitrogen and oxygen atoms in total. The highest BCUT2D eigenvalue weighted by Gasteiger charge is 2.62. The molecule has 4 aliphatic rings. The number of methoxy groups -OCH3 is 1. The number of aliphatic hydroxyl groups excluding tert-OH is 1. The monoisotopic (exact) mass is 430 g/mol. The number of aryl methyl sites for hydroxylation is 1. The van der Waals surface area contributed by atoms with Crippen molar-refractivity contribution in [1.82, 2.24) is 20.6 Å². The minimum atomic E-state index is -0.128. The first-order valence-electron chi connectivity index (χ1n) is 12.8. The minimum absolute atomic E-state index is 0.128. The average molecular weight is 431 g/mol. The molecule has 1 aromatic heterocycles. The van der Waals surface area contributed by atoms with Crippen molar-refractivity contribution in [2.75, 3.05) is 7.11 Å². The fourth-order valence-electron chi connectivity index (χ4n) is 9.22. The molecule has 1 aromatic rings. The molecule has 1 heterocycles. The summed E-state index contributed by atoms with van der Waals surface area (Å²) in [7, 11) is 1.86. The number of ether oxygens (including phenoxy) is 1. The number of aromatic amines is 1. The van der Waals surface area contributed by atoms with E-state index in [4.69, 9.17) is 4.74 Å². The van der Waals surface area contributed by atoms with Crippen LogP contribution < -0.4 is 0 Å². The molecule has 2 N–H and O–H groups in total. The zero-order chi connectivity index (χ0) is 21.8. The topological polar surface area (TPSA) is 83.9 Å². The van der Waals surface area contributed by atoms with E-state index in [9.17, 15) is 5.11 Å². The van der Waals surface area contributed by atoms with E-state index in [1.165, 1.54) is 38.5 Å². The highest BCUT2D eigenvalue weighted by Crippen LogP contribution is 2.68. The molecule has 0 aliphatic heterocycles. The fraction of sp³-hybridized carbons (Fsp3) is 0.960. The van der Waals surface area contributed by atoms with Gasteiger partial charge in [0.25, 0.3) is 0 Å². The summed E-state index contributed by atoms with van der Waals surface area (Å²) in [5.74, 6) is 4.72. The molecule has 0 radical (unpaired) electrons. The zero-order valence-corrected chi connectivity index (χ0v) is 19.9. The summed E-state index contributed by atoms with van der Waals surface area (Å²) in [6, 6.07) is 0. The molecule has 4 aliphatic carbocycles. The summed E-state index contributed by atoms with van der Waals surface area (Å²) in [5, 5.41) is 26.0. The molecule has 0 spiro atoms. The second-order valence-corrected chi connectivity index (χ2v) is 12.0. The second-order valence-electron chi connectivity index (χ2n) is 12.0. The van der Waals surface area contributed by atoms with E-state index in [0.29, 0.717) is 46.5 Å². The molecule has 0 saturated heterocycles. The second kappa shape index (κ2) is 8.09. The van der Waals surface area contributed by atoms with Gasteiger partial charge in [-0.25, -0.2) is 0 Å². The predicted molar refractivity (Wildman–Crippen MR) is 119 cm³/mol. The van der Waals surface area contributed by atoms with E-state index in [1.807, 2.05) is 7.11 Å². The van der Waals surface area contributed by atoms with Gasteiger partial charge in [-0.1, -0.05) is 26.0 Å². The number of tetrazole rings is 1. The average Bonchev–Trinajstić information content (AvgIpc) is 3.39. The largest absolute Gasteiger partial charge is 0.393 e. The maximum Gasteiger partial charge on any atom is 0.174 e. The third kappa shape index (κ3) is 3.47.